The number of rotatable bonds is 6. The summed E-state index contributed by atoms with van der Waals surface area (Å²) < 4.78 is 31.7. The topological polar surface area (TPSA) is 43.6 Å². The van der Waals surface area contributed by atoms with Crippen LogP contribution in [0.5, 0.6) is 11.5 Å². The summed E-state index contributed by atoms with van der Waals surface area (Å²) in [5.41, 5.74) is 1.64. The van der Waals surface area contributed by atoms with E-state index in [1.807, 2.05) is 18.2 Å². The van der Waals surface area contributed by atoms with Crippen LogP contribution in [0.25, 0.3) is 11.0 Å². The molecule has 2 heterocycles. The third-order valence-electron chi connectivity index (χ3n) is 6.73. The monoisotopic (exact) mass is 423 g/mol. The second-order valence-corrected chi connectivity index (χ2v) is 8.97. The largest absolute Gasteiger partial charge is 0.493 e. The molecule has 1 aromatic heterocycles. The van der Waals surface area contributed by atoms with E-state index in [9.17, 15) is 4.39 Å². The molecule has 2 aromatic carbocycles. The van der Waals surface area contributed by atoms with Crippen molar-refractivity contribution in [3.8, 4) is 11.5 Å². The lowest BCUT2D eigenvalue weighted by molar-refractivity contribution is 0.200. The quantitative estimate of drug-likeness (QED) is 0.541. The predicted octanol–water partition coefficient (Wildman–Crippen LogP) is 5.84. The molecule has 1 saturated heterocycles. The molecule has 0 unspecified atom stereocenters. The van der Waals surface area contributed by atoms with Crippen LogP contribution in [0.4, 0.5) is 4.39 Å². The van der Waals surface area contributed by atoms with Gasteiger partial charge in [0.05, 0.1) is 13.2 Å². The van der Waals surface area contributed by atoms with Crippen molar-refractivity contribution < 1.29 is 18.3 Å². The Labute approximate surface area is 182 Å². The Hall–Kier alpha value is -2.53. The van der Waals surface area contributed by atoms with E-state index in [0.29, 0.717) is 23.5 Å². The molecule has 1 aliphatic carbocycles. The number of para-hydroxylation sites is 1. The average Bonchev–Trinajstić information content (AvgIpc) is 3.44. The molecule has 0 bridgehead atoms. The maximum atomic E-state index is 14.0. The summed E-state index contributed by atoms with van der Waals surface area (Å²) in [6.07, 6.45) is 6.90. The van der Waals surface area contributed by atoms with Crippen LogP contribution in [-0.4, -0.2) is 26.3 Å². The number of nitrogens with one attached hydrogen (secondary N) is 1. The molecule has 1 N–H and O–H groups in total. The molecule has 5 heteroatoms. The summed E-state index contributed by atoms with van der Waals surface area (Å²) in [6, 6.07) is 13.4. The lowest BCUT2D eigenvalue weighted by atomic mass is 9.83. The van der Waals surface area contributed by atoms with Crippen LogP contribution in [0.3, 0.4) is 0 Å². The molecule has 0 amide bonds. The van der Waals surface area contributed by atoms with Crippen LogP contribution in [0, 0.1) is 11.7 Å². The minimum absolute atomic E-state index is 0.295. The molecule has 164 valence electrons. The number of benzene rings is 2. The first-order valence-corrected chi connectivity index (χ1v) is 11.4. The van der Waals surface area contributed by atoms with E-state index in [2.05, 4.69) is 17.4 Å². The number of ether oxygens (including phenoxy) is 2. The van der Waals surface area contributed by atoms with Gasteiger partial charge in [-0.15, -0.1) is 0 Å². The predicted molar refractivity (Wildman–Crippen MR) is 119 cm³/mol. The van der Waals surface area contributed by atoms with Crippen LogP contribution >= 0.6 is 0 Å². The molecule has 2 atom stereocenters. The number of furan rings is 1. The summed E-state index contributed by atoms with van der Waals surface area (Å²) in [7, 11) is 1.70. The molecule has 1 saturated carbocycles. The lowest BCUT2D eigenvalue weighted by Gasteiger charge is -2.30. The molecule has 31 heavy (non-hydrogen) atoms. The first-order valence-electron chi connectivity index (χ1n) is 11.4. The van der Waals surface area contributed by atoms with Gasteiger partial charge >= 0.3 is 0 Å². The van der Waals surface area contributed by atoms with Gasteiger partial charge < -0.3 is 19.2 Å². The van der Waals surface area contributed by atoms with Crippen molar-refractivity contribution in [1.82, 2.24) is 5.32 Å². The minimum atomic E-state index is -0.295. The smallest absolute Gasteiger partial charge is 0.169 e. The van der Waals surface area contributed by atoms with Crippen LogP contribution in [0.1, 0.15) is 49.3 Å². The SMILES string of the molecule is COc1ccc([C@H]2CNC[C@@H](Cc3cc4cccc(F)c4o3)C2)cc1OC1CCCC1. The van der Waals surface area contributed by atoms with E-state index in [1.165, 1.54) is 24.5 Å². The first-order chi connectivity index (χ1) is 15.2. The summed E-state index contributed by atoms with van der Waals surface area (Å²) >= 11 is 0. The van der Waals surface area contributed by atoms with E-state index in [1.54, 1.807) is 13.2 Å². The van der Waals surface area contributed by atoms with Gasteiger partial charge in [-0.2, -0.15) is 0 Å². The van der Waals surface area contributed by atoms with Gasteiger partial charge in [-0.1, -0.05) is 18.2 Å². The molecular weight excluding hydrogens is 393 g/mol. The van der Waals surface area contributed by atoms with Crippen molar-refractivity contribution in [1.29, 1.82) is 0 Å². The van der Waals surface area contributed by atoms with Gasteiger partial charge in [0.1, 0.15) is 5.76 Å². The fraction of sp³-hybridized carbons (Fsp3) is 0.462. The van der Waals surface area contributed by atoms with Crippen LogP contribution in [0.2, 0.25) is 0 Å². The highest BCUT2D eigenvalue weighted by atomic mass is 19.1. The number of methoxy groups -OCH3 is 1. The van der Waals surface area contributed by atoms with Gasteiger partial charge in [0.15, 0.2) is 22.9 Å². The maximum absolute atomic E-state index is 14.0. The maximum Gasteiger partial charge on any atom is 0.169 e. The third kappa shape index (κ3) is 4.42. The number of fused-ring (bicyclic) bond motifs is 1. The Kier molecular flexibility index (Phi) is 5.86. The molecule has 1 aliphatic heterocycles. The minimum Gasteiger partial charge on any atom is -0.493 e. The van der Waals surface area contributed by atoms with Crippen LogP contribution in [-0.2, 0) is 6.42 Å². The Morgan fingerprint density at radius 2 is 1.94 bits per heavy atom. The van der Waals surface area contributed by atoms with Crippen molar-refractivity contribution in [3.05, 3.63) is 59.6 Å². The molecule has 0 radical (unpaired) electrons. The highest BCUT2D eigenvalue weighted by molar-refractivity contribution is 5.78. The summed E-state index contributed by atoms with van der Waals surface area (Å²) in [5, 5.41) is 4.41. The van der Waals surface area contributed by atoms with Crippen molar-refractivity contribution in [3.63, 3.8) is 0 Å². The lowest BCUT2D eigenvalue weighted by Crippen LogP contribution is -2.36. The Morgan fingerprint density at radius 1 is 1.06 bits per heavy atom. The highest BCUT2D eigenvalue weighted by Gasteiger charge is 2.26. The average molecular weight is 424 g/mol. The normalized spacial score (nSPS) is 22.1. The molecule has 5 rings (SSSR count). The summed E-state index contributed by atoms with van der Waals surface area (Å²) in [4.78, 5) is 0. The second-order valence-electron chi connectivity index (χ2n) is 8.97. The number of hydrogen-bond donors (Lipinski definition) is 1. The third-order valence-corrected chi connectivity index (χ3v) is 6.73. The fourth-order valence-corrected chi connectivity index (χ4v) is 5.13. The van der Waals surface area contributed by atoms with Crippen molar-refractivity contribution in [2.24, 2.45) is 5.92 Å². The zero-order valence-corrected chi connectivity index (χ0v) is 18.0. The van der Waals surface area contributed by atoms with Gasteiger partial charge in [-0.3, -0.25) is 0 Å². The Bertz CT molecular complexity index is 1040. The van der Waals surface area contributed by atoms with Gasteiger partial charge in [-0.05, 0) is 80.3 Å². The molecule has 2 aliphatic rings. The van der Waals surface area contributed by atoms with E-state index >= 15 is 0 Å². The summed E-state index contributed by atoms with van der Waals surface area (Å²) in [6.45, 7) is 1.89. The van der Waals surface area contributed by atoms with Crippen molar-refractivity contribution in [2.75, 3.05) is 20.2 Å². The Balaban J connectivity index is 1.30. The zero-order chi connectivity index (χ0) is 21.2. The highest BCUT2D eigenvalue weighted by Crippen LogP contribution is 2.37. The zero-order valence-electron chi connectivity index (χ0n) is 18.0. The van der Waals surface area contributed by atoms with Gasteiger partial charge in [0.25, 0.3) is 0 Å². The van der Waals surface area contributed by atoms with Crippen LogP contribution in [0.15, 0.2) is 46.9 Å². The van der Waals surface area contributed by atoms with Crippen LogP contribution < -0.4 is 14.8 Å². The molecular formula is C26H30FNO3. The van der Waals surface area contributed by atoms with E-state index in [4.69, 9.17) is 13.9 Å². The number of hydrogen-bond acceptors (Lipinski definition) is 4. The van der Waals surface area contributed by atoms with Gasteiger partial charge in [0.2, 0.25) is 0 Å². The molecule has 0 spiro atoms. The van der Waals surface area contributed by atoms with E-state index in [0.717, 1.165) is 61.4 Å². The van der Waals surface area contributed by atoms with E-state index < -0.39 is 0 Å². The first kappa shape index (κ1) is 20.4. The van der Waals surface area contributed by atoms with Gasteiger partial charge in [-0.25, -0.2) is 4.39 Å². The van der Waals surface area contributed by atoms with Crippen molar-refractivity contribution in [2.45, 2.75) is 50.5 Å². The molecule has 2 fully saturated rings. The standard InChI is InChI=1S/C26H30FNO3/c1-29-24-10-9-18(14-25(24)30-21-6-2-3-7-21)20-11-17(15-28-16-20)12-22-13-19-5-4-8-23(27)26(19)31-22/h4-5,8-10,13-14,17,20-21,28H,2-3,6-7,11-12,15-16H2,1H3/t17-,20-/m1/s1. The van der Waals surface area contributed by atoms with Gasteiger partial charge in [0, 0.05) is 18.4 Å². The Morgan fingerprint density at radius 3 is 2.74 bits per heavy atom. The van der Waals surface area contributed by atoms with Crippen molar-refractivity contribution >= 4 is 11.0 Å². The fourth-order valence-electron chi connectivity index (χ4n) is 5.13. The number of piperidine rings is 1. The second kappa shape index (κ2) is 8.91. The molecule has 4 nitrogen and oxygen atoms in total. The van der Waals surface area contributed by atoms with E-state index in [-0.39, 0.29) is 5.82 Å². The number of halogens is 1. The summed E-state index contributed by atoms with van der Waals surface area (Å²) in [5.74, 6) is 3.06. The molecule has 3 aromatic rings.